The third kappa shape index (κ3) is 0.990. The topological polar surface area (TPSA) is 38.3 Å². The summed E-state index contributed by atoms with van der Waals surface area (Å²) in [6.45, 7) is 1.24. The van der Waals surface area contributed by atoms with E-state index in [0.717, 1.165) is 5.69 Å². The number of nitrogens with one attached hydrogen (secondary N) is 1. The van der Waals surface area contributed by atoms with E-state index in [-0.39, 0.29) is 17.7 Å². The molecule has 14 heavy (non-hydrogen) atoms. The van der Waals surface area contributed by atoms with Crippen LogP contribution in [0.1, 0.15) is 11.5 Å². The fourth-order valence-electron chi connectivity index (χ4n) is 2.28. The Labute approximate surface area is 82.1 Å². The van der Waals surface area contributed by atoms with Crippen molar-refractivity contribution in [1.29, 1.82) is 0 Å². The molecule has 0 radical (unpaired) electrons. The first-order valence-corrected chi connectivity index (χ1v) is 4.84. The molecule has 2 heterocycles. The number of anilines is 1. The molecule has 1 fully saturated rings. The van der Waals surface area contributed by atoms with Crippen molar-refractivity contribution in [3.63, 3.8) is 0 Å². The SMILES string of the molecule is O=C1Nc2ccccc2[C@@H]2COC[C@H]12. The molecule has 2 atom stereocenters. The third-order valence-electron chi connectivity index (χ3n) is 3.04. The maximum Gasteiger partial charge on any atom is 0.230 e. The minimum atomic E-state index is 0.0184. The minimum Gasteiger partial charge on any atom is -0.380 e. The molecule has 1 aromatic rings. The minimum absolute atomic E-state index is 0.0184. The highest BCUT2D eigenvalue weighted by atomic mass is 16.5. The predicted molar refractivity (Wildman–Crippen MR) is 52.1 cm³/mol. The fraction of sp³-hybridized carbons (Fsp3) is 0.364. The summed E-state index contributed by atoms with van der Waals surface area (Å²) in [5.41, 5.74) is 2.17. The molecule has 2 aliphatic heterocycles. The van der Waals surface area contributed by atoms with E-state index < -0.39 is 0 Å². The van der Waals surface area contributed by atoms with E-state index in [1.165, 1.54) is 5.56 Å². The van der Waals surface area contributed by atoms with Gasteiger partial charge in [-0.2, -0.15) is 0 Å². The maximum atomic E-state index is 11.6. The Morgan fingerprint density at radius 1 is 1.21 bits per heavy atom. The standard InChI is InChI=1S/C11H11NO2/c13-11-9-6-14-5-8(9)7-3-1-2-4-10(7)12-11/h1-4,8-9H,5-6H2,(H,12,13)/t8-,9-/m0/s1. The van der Waals surface area contributed by atoms with Gasteiger partial charge in [-0.25, -0.2) is 0 Å². The van der Waals surface area contributed by atoms with Gasteiger partial charge in [0.25, 0.3) is 0 Å². The Hall–Kier alpha value is -1.35. The lowest BCUT2D eigenvalue weighted by atomic mass is 9.84. The molecule has 0 bridgehead atoms. The van der Waals surface area contributed by atoms with Crippen molar-refractivity contribution in [1.82, 2.24) is 0 Å². The van der Waals surface area contributed by atoms with Gasteiger partial charge in [0.1, 0.15) is 0 Å². The number of benzene rings is 1. The molecular formula is C11H11NO2. The van der Waals surface area contributed by atoms with Crippen LogP contribution in [0, 0.1) is 5.92 Å². The van der Waals surface area contributed by atoms with E-state index in [1.807, 2.05) is 18.2 Å². The molecule has 1 saturated heterocycles. The number of ether oxygens (including phenoxy) is 1. The maximum absolute atomic E-state index is 11.6. The lowest BCUT2D eigenvalue weighted by Gasteiger charge is -2.26. The van der Waals surface area contributed by atoms with Crippen molar-refractivity contribution >= 4 is 11.6 Å². The molecule has 0 saturated carbocycles. The van der Waals surface area contributed by atoms with Crippen LogP contribution in [0.25, 0.3) is 0 Å². The van der Waals surface area contributed by atoms with E-state index >= 15 is 0 Å². The molecule has 72 valence electrons. The van der Waals surface area contributed by atoms with Gasteiger partial charge in [0.2, 0.25) is 5.91 Å². The van der Waals surface area contributed by atoms with Crippen molar-refractivity contribution < 1.29 is 9.53 Å². The van der Waals surface area contributed by atoms with Gasteiger partial charge in [-0.05, 0) is 11.6 Å². The number of fused-ring (bicyclic) bond motifs is 3. The van der Waals surface area contributed by atoms with Crippen LogP contribution in [0.5, 0.6) is 0 Å². The summed E-state index contributed by atoms with van der Waals surface area (Å²) in [6.07, 6.45) is 0. The summed E-state index contributed by atoms with van der Waals surface area (Å²) in [5.74, 6) is 0.385. The summed E-state index contributed by atoms with van der Waals surface area (Å²) in [4.78, 5) is 11.6. The second-order valence-corrected chi connectivity index (χ2v) is 3.83. The van der Waals surface area contributed by atoms with Gasteiger partial charge >= 0.3 is 0 Å². The number of rotatable bonds is 0. The van der Waals surface area contributed by atoms with E-state index in [4.69, 9.17) is 4.74 Å². The molecule has 2 aliphatic rings. The first-order chi connectivity index (χ1) is 6.86. The van der Waals surface area contributed by atoms with Crippen LogP contribution in [0.3, 0.4) is 0 Å². The van der Waals surface area contributed by atoms with Gasteiger partial charge in [0.05, 0.1) is 19.1 Å². The molecule has 3 heteroatoms. The zero-order valence-electron chi connectivity index (χ0n) is 7.69. The highest BCUT2D eigenvalue weighted by Crippen LogP contribution is 2.39. The lowest BCUT2D eigenvalue weighted by Crippen LogP contribution is -2.32. The van der Waals surface area contributed by atoms with Crippen molar-refractivity contribution in [3.8, 4) is 0 Å². The molecule has 1 amide bonds. The second-order valence-electron chi connectivity index (χ2n) is 3.83. The average Bonchev–Trinajstić information content (AvgIpc) is 2.67. The summed E-state index contributed by atoms with van der Waals surface area (Å²) in [5, 5.41) is 2.91. The first kappa shape index (κ1) is 8.00. The van der Waals surface area contributed by atoms with Gasteiger partial charge < -0.3 is 10.1 Å². The molecule has 0 unspecified atom stereocenters. The van der Waals surface area contributed by atoms with Crippen LogP contribution in [-0.4, -0.2) is 19.1 Å². The van der Waals surface area contributed by atoms with Gasteiger partial charge in [-0.15, -0.1) is 0 Å². The Kier molecular flexibility index (Phi) is 1.61. The predicted octanol–water partition coefficient (Wildman–Crippen LogP) is 1.37. The van der Waals surface area contributed by atoms with Crippen LogP contribution >= 0.6 is 0 Å². The molecule has 0 aromatic heterocycles. The zero-order chi connectivity index (χ0) is 9.54. The van der Waals surface area contributed by atoms with Crippen LogP contribution in [-0.2, 0) is 9.53 Å². The Morgan fingerprint density at radius 3 is 2.93 bits per heavy atom. The van der Waals surface area contributed by atoms with Crippen LogP contribution in [0.2, 0.25) is 0 Å². The quantitative estimate of drug-likeness (QED) is 0.669. The summed E-state index contributed by atoms with van der Waals surface area (Å²) >= 11 is 0. The Morgan fingerprint density at radius 2 is 2.00 bits per heavy atom. The van der Waals surface area contributed by atoms with Crippen LogP contribution < -0.4 is 5.32 Å². The van der Waals surface area contributed by atoms with Crippen LogP contribution in [0.15, 0.2) is 24.3 Å². The zero-order valence-corrected chi connectivity index (χ0v) is 7.69. The number of amides is 1. The number of hydrogen-bond donors (Lipinski definition) is 1. The second kappa shape index (κ2) is 2.82. The summed E-state index contributed by atoms with van der Waals surface area (Å²) in [6, 6.07) is 7.96. The van der Waals surface area contributed by atoms with Gasteiger partial charge in [0.15, 0.2) is 0 Å². The largest absolute Gasteiger partial charge is 0.380 e. The van der Waals surface area contributed by atoms with Crippen LogP contribution in [0.4, 0.5) is 5.69 Å². The Bertz CT molecular complexity index is 389. The summed E-state index contributed by atoms with van der Waals surface area (Å²) in [7, 11) is 0. The number of carbonyl (C=O) groups excluding carboxylic acids is 1. The summed E-state index contributed by atoms with van der Waals surface area (Å²) < 4.78 is 5.36. The van der Waals surface area contributed by atoms with Crippen molar-refractivity contribution in [2.24, 2.45) is 5.92 Å². The Balaban J connectivity index is 2.11. The van der Waals surface area contributed by atoms with Gasteiger partial charge in [-0.1, -0.05) is 18.2 Å². The van der Waals surface area contributed by atoms with Crippen molar-refractivity contribution in [2.45, 2.75) is 5.92 Å². The lowest BCUT2D eigenvalue weighted by molar-refractivity contribution is -0.120. The molecule has 0 aliphatic carbocycles. The van der Waals surface area contributed by atoms with E-state index in [2.05, 4.69) is 11.4 Å². The van der Waals surface area contributed by atoms with E-state index in [1.54, 1.807) is 0 Å². The van der Waals surface area contributed by atoms with Gasteiger partial charge in [-0.3, -0.25) is 4.79 Å². The molecule has 1 aromatic carbocycles. The highest BCUT2D eigenvalue weighted by Gasteiger charge is 2.39. The average molecular weight is 189 g/mol. The number of para-hydroxylation sites is 1. The fourth-order valence-corrected chi connectivity index (χ4v) is 2.28. The molecule has 1 N–H and O–H groups in total. The molecule has 3 rings (SSSR count). The molecule has 3 nitrogen and oxygen atoms in total. The molecule has 0 spiro atoms. The monoisotopic (exact) mass is 189 g/mol. The normalized spacial score (nSPS) is 29.3. The highest BCUT2D eigenvalue weighted by molar-refractivity contribution is 5.96. The van der Waals surface area contributed by atoms with Gasteiger partial charge in [0, 0.05) is 11.6 Å². The third-order valence-corrected chi connectivity index (χ3v) is 3.04. The molecular weight excluding hydrogens is 178 g/mol. The van der Waals surface area contributed by atoms with E-state index in [9.17, 15) is 4.79 Å². The number of hydrogen-bond acceptors (Lipinski definition) is 2. The smallest absolute Gasteiger partial charge is 0.230 e. The van der Waals surface area contributed by atoms with Crippen molar-refractivity contribution in [2.75, 3.05) is 18.5 Å². The first-order valence-electron chi connectivity index (χ1n) is 4.84. The number of carbonyl (C=O) groups is 1. The van der Waals surface area contributed by atoms with E-state index in [0.29, 0.717) is 13.2 Å². The van der Waals surface area contributed by atoms with Crippen molar-refractivity contribution in [3.05, 3.63) is 29.8 Å².